The van der Waals surface area contributed by atoms with Crippen molar-refractivity contribution in [2.75, 3.05) is 6.61 Å². The normalized spacial score (nSPS) is 53.3. The van der Waals surface area contributed by atoms with Crippen LogP contribution < -0.4 is 0 Å². The van der Waals surface area contributed by atoms with Gasteiger partial charge in [0.15, 0.2) is 0 Å². The zero-order chi connectivity index (χ0) is 19.4. The molecule has 0 spiro atoms. The predicted molar refractivity (Wildman–Crippen MR) is 108 cm³/mol. The third kappa shape index (κ3) is 3.11. The molecule has 3 heteroatoms. The molecule has 4 aliphatic rings. The van der Waals surface area contributed by atoms with Crippen molar-refractivity contribution in [3.63, 3.8) is 0 Å². The third-order valence-electron chi connectivity index (χ3n) is 9.85. The number of hydrogen-bond acceptors (Lipinski definition) is 3. The Morgan fingerprint density at radius 3 is 2.48 bits per heavy atom. The van der Waals surface area contributed by atoms with Crippen LogP contribution in [0.3, 0.4) is 0 Å². The van der Waals surface area contributed by atoms with E-state index in [1.54, 1.807) is 0 Å². The highest BCUT2D eigenvalue weighted by Crippen LogP contribution is 2.67. The Balaban J connectivity index is 1.56. The van der Waals surface area contributed by atoms with Crippen molar-refractivity contribution in [2.24, 2.45) is 40.4 Å². The first kappa shape index (κ1) is 20.2. The van der Waals surface area contributed by atoms with Gasteiger partial charge in [-0.1, -0.05) is 20.8 Å². The van der Waals surface area contributed by atoms with Crippen LogP contribution in [-0.4, -0.2) is 35.1 Å². The van der Waals surface area contributed by atoms with Crippen LogP contribution in [0.5, 0.6) is 0 Å². The van der Waals surface area contributed by atoms with Crippen molar-refractivity contribution in [2.45, 2.75) is 104 Å². The highest BCUT2D eigenvalue weighted by molar-refractivity contribution is 5.10. The van der Waals surface area contributed by atoms with E-state index in [9.17, 15) is 10.2 Å². The summed E-state index contributed by atoms with van der Waals surface area (Å²) < 4.78 is 6.11. The largest absolute Gasteiger partial charge is 0.393 e. The lowest BCUT2D eigenvalue weighted by atomic mass is 9.44. The van der Waals surface area contributed by atoms with Crippen LogP contribution >= 0.6 is 0 Å². The maximum Gasteiger partial charge on any atom is 0.0839 e. The topological polar surface area (TPSA) is 49.7 Å². The first-order valence-corrected chi connectivity index (χ1v) is 11.8. The Bertz CT molecular complexity index is 534. The predicted octanol–water partition coefficient (Wildman–Crippen LogP) is 4.79. The van der Waals surface area contributed by atoms with E-state index in [-0.39, 0.29) is 18.3 Å². The molecule has 27 heavy (non-hydrogen) atoms. The maximum atomic E-state index is 10.7. The van der Waals surface area contributed by atoms with Gasteiger partial charge in [-0.3, -0.25) is 0 Å². The third-order valence-corrected chi connectivity index (χ3v) is 9.85. The molecule has 0 radical (unpaired) electrons. The van der Waals surface area contributed by atoms with Crippen LogP contribution in [0, 0.1) is 40.4 Å². The second-order valence-electron chi connectivity index (χ2n) is 11.0. The van der Waals surface area contributed by atoms with Gasteiger partial charge in [0.1, 0.15) is 0 Å². The number of ether oxygens (including phenoxy) is 1. The summed E-state index contributed by atoms with van der Waals surface area (Å²) in [6.45, 7) is 9.96. The Labute approximate surface area is 166 Å². The summed E-state index contributed by atoms with van der Waals surface area (Å²) in [5, 5.41) is 21.1. The first-order chi connectivity index (χ1) is 12.8. The van der Waals surface area contributed by atoms with Gasteiger partial charge in [0.2, 0.25) is 0 Å². The SMILES string of the molecule is CCCOC1C[C@@]2(C)C(CC[C@H]3[C@@H]4CC[C@H](C(C)O)[C@@]4(C)CC[C@@H]32)CC1O. The van der Waals surface area contributed by atoms with Gasteiger partial charge in [0, 0.05) is 6.61 Å². The van der Waals surface area contributed by atoms with Crippen molar-refractivity contribution in [3.8, 4) is 0 Å². The fraction of sp³-hybridized carbons (Fsp3) is 1.00. The van der Waals surface area contributed by atoms with Crippen molar-refractivity contribution in [1.82, 2.24) is 0 Å². The minimum atomic E-state index is -0.272. The van der Waals surface area contributed by atoms with E-state index < -0.39 is 0 Å². The Hall–Kier alpha value is -0.120. The van der Waals surface area contributed by atoms with Crippen molar-refractivity contribution < 1.29 is 14.9 Å². The number of rotatable bonds is 4. The molecular weight excluding hydrogens is 336 g/mol. The molecule has 2 N–H and O–H groups in total. The van der Waals surface area contributed by atoms with Gasteiger partial charge in [0.05, 0.1) is 18.3 Å². The summed E-state index contributed by atoms with van der Waals surface area (Å²) in [6.07, 6.45) is 10.3. The Morgan fingerprint density at radius 2 is 1.78 bits per heavy atom. The lowest BCUT2D eigenvalue weighted by Crippen LogP contribution is -2.57. The Morgan fingerprint density at radius 1 is 1.04 bits per heavy atom. The van der Waals surface area contributed by atoms with Crippen LogP contribution in [-0.2, 0) is 4.74 Å². The monoisotopic (exact) mass is 378 g/mol. The fourth-order valence-electron chi connectivity index (χ4n) is 8.53. The van der Waals surface area contributed by atoms with Crippen LogP contribution in [0.15, 0.2) is 0 Å². The minimum absolute atomic E-state index is 0.0343. The van der Waals surface area contributed by atoms with E-state index >= 15 is 0 Å². The summed E-state index contributed by atoms with van der Waals surface area (Å²) in [5.74, 6) is 3.53. The van der Waals surface area contributed by atoms with Crippen LogP contribution in [0.4, 0.5) is 0 Å². The number of aliphatic hydroxyl groups excluding tert-OH is 2. The summed E-state index contributed by atoms with van der Waals surface area (Å²) in [7, 11) is 0. The number of aliphatic hydroxyl groups is 2. The number of fused-ring (bicyclic) bond motifs is 5. The molecule has 0 amide bonds. The molecule has 10 atom stereocenters. The van der Waals surface area contributed by atoms with E-state index in [1.807, 2.05) is 6.92 Å². The van der Waals surface area contributed by atoms with Crippen LogP contribution in [0.25, 0.3) is 0 Å². The van der Waals surface area contributed by atoms with E-state index in [2.05, 4.69) is 20.8 Å². The standard InChI is InChI=1S/C24H42O3/c1-5-12-27-22-14-24(4)16(13-21(22)26)6-7-17-19-9-8-18(15(2)25)23(19,3)11-10-20(17)24/h15-22,25-26H,5-14H2,1-4H3/t15?,16?,17-,18+,19-,20-,21?,22?,23+,24-/m0/s1. The van der Waals surface area contributed by atoms with Crippen LogP contribution in [0.2, 0.25) is 0 Å². The van der Waals surface area contributed by atoms with E-state index in [4.69, 9.17) is 4.74 Å². The minimum Gasteiger partial charge on any atom is -0.393 e. The molecule has 0 saturated heterocycles. The van der Waals surface area contributed by atoms with E-state index in [0.29, 0.717) is 22.7 Å². The number of hydrogen-bond donors (Lipinski definition) is 2. The van der Waals surface area contributed by atoms with Crippen LogP contribution in [0.1, 0.15) is 85.5 Å². The molecule has 4 fully saturated rings. The lowest BCUT2D eigenvalue weighted by Gasteiger charge is -2.62. The molecule has 3 nitrogen and oxygen atoms in total. The molecule has 4 aliphatic carbocycles. The summed E-state index contributed by atoms with van der Waals surface area (Å²) >= 11 is 0. The van der Waals surface area contributed by atoms with Crippen molar-refractivity contribution in [3.05, 3.63) is 0 Å². The van der Waals surface area contributed by atoms with E-state index in [1.165, 1.54) is 38.5 Å². The summed E-state index contributed by atoms with van der Waals surface area (Å²) in [6, 6.07) is 0. The van der Waals surface area contributed by atoms with Gasteiger partial charge in [-0.05, 0) is 105 Å². The zero-order valence-corrected chi connectivity index (χ0v) is 18.0. The highest BCUT2D eigenvalue weighted by atomic mass is 16.5. The molecule has 0 heterocycles. The second-order valence-corrected chi connectivity index (χ2v) is 11.0. The summed E-state index contributed by atoms with van der Waals surface area (Å²) in [4.78, 5) is 0. The maximum absolute atomic E-state index is 10.7. The molecule has 0 aromatic carbocycles. The van der Waals surface area contributed by atoms with Gasteiger partial charge in [-0.15, -0.1) is 0 Å². The van der Waals surface area contributed by atoms with Gasteiger partial charge in [0.25, 0.3) is 0 Å². The molecule has 0 bridgehead atoms. The van der Waals surface area contributed by atoms with E-state index in [0.717, 1.165) is 43.6 Å². The van der Waals surface area contributed by atoms with Crippen molar-refractivity contribution in [1.29, 1.82) is 0 Å². The molecule has 0 aliphatic heterocycles. The molecule has 156 valence electrons. The zero-order valence-electron chi connectivity index (χ0n) is 18.0. The summed E-state index contributed by atoms with van der Waals surface area (Å²) in [5.41, 5.74) is 0.662. The lowest BCUT2D eigenvalue weighted by molar-refractivity contribution is -0.174. The van der Waals surface area contributed by atoms with Crippen molar-refractivity contribution >= 4 is 0 Å². The molecule has 0 aromatic rings. The fourth-order valence-corrected chi connectivity index (χ4v) is 8.53. The Kier molecular flexibility index (Phi) is 5.44. The first-order valence-electron chi connectivity index (χ1n) is 11.8. The smallest absolute Gasteiger partial charge is 0.0839 e. The van der Waals surface area contributed by atoms with Gasteiger partial charge in [-0.2, -0.15) is 0 Å². The molecule has 4 saturated carbocycles. The quantitative estimate of drug-likeness (QED) is 0.739. The molecular formula is C24H42O3. The molecule has 4 rings (SSSR count). The van der Waals surface area contributed by atoms with Gasteiger partial charge >= 0.3 is 0 Å². The second kappa shape index (κ2) is 7.29. The molecule has 4 unspecified atom stereocenters. The molecule has 0 aromatic heterocycles. The highest BCUT2D eigenvalue weighted by Gasteiger charge is 2.61. The average Bonchev–Trinajstić information content (AvgIpc) is 2.98. The van der Waals surface area contributed by atoms with Gasteiger partial charge in [-0.25, -0.2) is 0 Å². The van der Waals surface area contributed by atoms with Gasteiger partial charge < -0.3 is 14.9 Å². The average molecular weight is 379 g/mol.